The highest BCUT2D eigenvalue weighted by atomic mass is 79.9. The first-order chi connectivity index (χ1) is 8.74. The molecule has 0 atom stereocenters. The average Bonchev–Trinajstić information content (AvgIpc) is 2.96. The van der Waals surface area contributed by atoms with Gasteiger partial charge in [-0.2, -0.15) is 0 Å². The largest absolute Gasteiger partial charge is 0.457 e. The summed E-state index contributed by atoms with van der Waals surface area (Å²) in [6.07, 6.45) is 2.47. The standard InChI is InChI=1S/C13H11BrN2O2/c14-12-10(4-6-18-12)13(17)16-9-1-2-11-8(7-9)3-5-15-11/h1-2,4,6-7,15H,3,5H2,(H,16,17). The van der Waals surface area contributed by atoms with Crippen molar-refractivity contribution in [3.8, 4) is 0 Å². The van der Waals surface area contributed by atoms with Crippen molar-refractivity contribution < 1.29 is 9.21 Å². The number of anilines is 2. The molecule has 3 rings (SSSR count). The molecule has 0 spiro atoms. The lowest BCUT2D eigenvalue weighted by atomic mass is 10.1. The van der Waals surface area contributed by atoms with E-state index in [0.717, 1.165) is 24.3 Å². The van der Waals surface area contributed by atoms with Crippen molar-refractivity contribution in [3.63, 3.8) is 0 Å². The third-order valence-corrected chi connectivity index (χ3v) is 3.55. The van der Waals surface area contributed by atoms with Gasteiger partial charge in [0.2, 0.25) is 0 Å². The first kappa shape index (κ1) is 11.3. The highest BCUT2D eigenvalue weighted by Gasteiger charge is 2.14. The zero-order valence-corrected chi connectivity index (χ0v) is 11.1. The Morgan fingerprint density at radius 1 is 1.39 bits per heavy atom. The Labute approximate surface area is 113 Å². The minimum atomic E-state index is -0.179. The quantitative estimate of drug-likeness (QED) is 0.895. The lowest BCUT2D eigenvalue weighted by Gasteiger charge is -2.06. The van der Waals surface area contributed by atoms with Crippen LogP contribution in [0.2, 0.25) is 0 Å². The number of hydrogen-bond donors (Lipinski definition) is 2. The minimum Gasteiger partial charge on any atom is -0.457 e. The SMILES string of the molecule is O=C(Nc1ccc2c(c1)CCN2)c1ccoc1Br. The van der Waals surface area contributed by atoms with E-state index in [-0.39, 0.29) is 5.91 Å². The molecule has 1 amide bonds. The van der Waals surface area contributed by atoms with Crippen LogP contribution >= 0.6 is 15.9 Å². The number of amides is 1. The number of fused-ring (bicyclic) bond motifs is 1. The van der Waals surface area contributed by atoms with E-state index in [9.17, 15) is 4.79 Å². The highest BCUT2D eigenvalue weighted by molar-refractivity contribution is 9.10. The zero-order valence-electron chi connectivity index (χ0n) is 9.50. The van der Waals surface area contributed by atoms with Crippen molar-refractivity contribution >= 4 is 33.2 Å². The van der Waals surface area contributed by atoms with Gasteiger partial charge in [0.05, 0.1) is 11.8 Å². The van der Waals surface area contributed by atoms with Gasteiger partial charge in [-0.1, -0.05) is 0 Å². The fourth-order valence-corrected chi connectivity index (χ4v) is 2.46. The van der Waals surface area contributed by atoms with Crippen LogP contribution in [0.3, 0.4) is 0 Å². The summed E-state index contributed by atoms with van der Waals surface area (Å²) in [6, 6.07) is 7.51. The Balaban J connectivity index is 1.81. The molecule has 1 aliphatic rings. The highest BCUT2D eigenvalue weighted by Crippen LogP contribution is 2.26. The van der Waals surface area contributed by atoms with Crippen LogP contribution in [0.4, 0.5) is 11.4 Å². The molecular weight excluding hydrogens is 296 g/mol. The first-order valence-electron chi connectivity index (χ1n) is 5.65. The van der Waals surface area contributed by atoms with Gasteiger partial charge in [-0.25, -0.2) is 0 Å². The first-order valence-corrected chi connectivity index (χ1v) is 6.44. The number of hydrogen-bond acceptors (Lipinski definition) is 3. The minimum absolute atomic E-state index is 0.179. The van der Waals surface area contributed by atoms with Crippen LogP contribution in [0.5, 0.6) is 0 Å². The molecular formula is C13H11BrN2O2. The van der Waals surface area contributed by atoms with Gasteiger partial charge in [-0.15, -0.1) is 0 Å². The normalized spacial score (nSPS) is 12.9. The van der Waals surface area contributed by atoms with Crippen molar-refractivity contribution in [3.05, 3.63) is 46.3 Å². The Morgan fingerprint density at radius 3 is 3.06 bits per heavy atom. The summed E-state index contributed by atoms with van der Waals surface area (Å²) in [7, 11) is 0. The molecule has 0 bridgehead atoms. The molecule has 2 N–H and O–H groups in total. The summed E-state index contributed by atoms with van der Waals surface area (Å²) in [5.74, 6) is -0.179. The van der Waals surface area contributed by atoms with Gasteiger partial charge in [0.15, 0.2) is 4.67 Å². The van der Waals surface area contributed by atoms with Crippen molar-refractivity contribution in [2.45, 2.75) is 6.42 Å². The third-order valence-electron chi connectivity index (χ3n) is 2.94. The zero-order chi connectivity index (χ0) is 12.5. The number of carbonyl (C=O) groups is 1. The average molecular weight is 307 g/mol. The molecule has 5 heteroatoms. The van der Waals surface area contributed by atoms with E-state index in [0.29, 0.717) is 10.2 Å². The molecule has 1 aromatic carbocycles. The summed E-state index contributed by atoms with van der Waals surface area (Å²) < 4.78 is 5.49. The Morgan fingerprint density at radius 2 is 2.28 bits per heavy atom. The molecule has 2 aromatic rings. The van der Waals surface area contributed by atoms with E-state index in [1.807, 2.05) is 18.2 Å². The van der Waals surface area contributed by atoms with Crippen LogP contribution in [0, 0.1) is 0 Å². The van der Waals surface area contributed by atoms with E-state index in [2.05, 4.69) is 26.6 Å². The monoisotopic (exact) mass is 306 g/mol. The Hall–Kier alpha value is -1.75. The van der Waals surface area contributed by atoms with E-state index in [1.54, 1.807) is 6.07 Å². The number of nitrogens with one attached hydrogen (secondary N) is 2. The number of halogens is 1. The number of carbonyl (C=O) groups excluding carboxylic acids is 1. The molecule has 0 saturated heterocycles. The number of rotatable bonds is 2. The number of furan rings is 1. The van der Waals surface area contributed by atoms with Gasteiger partial charge in [0.25, 0.3) is 5.91 Å². The van der Waals surface area contributed by atoms with Crippen LogP contribution in [-0.2, 0) is 6.42 Å². The molecule has 0 fully saturated rings. The van der Waals surface area contributed by atoms with Gasteiger partial charge >= 0.3 is 0 Å². The fourth-order valence-electron chi connectivity index (χ4n) is 2.04. The van der Waals surface area contributed by atoms with Crippen LogP contribution < -0.4 is 10.6 Å². The topological polar surface area (TPSA) is 54.3 Å². The molecule has 0 aliphatic carbocycles. The summed E-state index contributed by atoms with van der Waals surface area (Å²) in [5, 5.41) is 6.14. The fraction of sp³-hybridized carbons (Fsp3) is 0.154. The van der Waals surface area contributed by atoms with E-state index in [1.165, 1.54) is 11.8 Å². The number of benzene rings is 1. The lowest BCUT2D eigenvalue weighted by molar-refractivity contribution is 0.102. The molecule has 0 saturated carbocycles. The van der Waals surface area contributed by atoms with Gasteiger partial charge in [0, 0.05) is 17.9 Å². The smallest absolute Gasteiger partial charge is 0.260 e. The third kappa shape index (κ3) is 2.01. The molecule has 18 heavy (non-hydrogen) atoms. The van der Waals surface area contributed by atoms with Crippen LogP contribution in [-0.4, -0.2) is 12.5 Å². The molecule has 0 unspecified atom stereocenters. The molecule has 92 valence electrons. The maximum Gasteiger partial charge on any atom is 0.260 e. The van der Waals surface area contributed by atoms with Crippen molar-refractivity contribution in [2.75, 3.05) is 17.2 Å². The van der Waals surface area contributed by atoms with Gasteiger partial charge in [-0.05, 0) is 52.2 Å². The molecule has 4 nitrogen and oxygen atoms in total. The van der Waals surface area contributed by atoms with Gasteiger partial charge < -0.3 is 15.1 Å². The molecule has 2 heterocycles. The predicted molar refractivity (Wildman–Crippen MR) is 73.0 cm³/mol. The van der Waals surface area contributed by atoms with E-state index < -0.39 is 0 Å². The molecule has 1 aliphatic heterocycles. The summed E-state index contributed by atoms with van der Waals surface area (Å²) in [4.78, 5) is 12.0. The van der Waals surface area contributed by atoms with Crippen LogP contribution in [0.15, 0.2) is 39.6 Å². The van der Waals surface area contributed by atoms with Crippen molar-refractivity contribution in [2.24, 2.45) is 0 Å². The maximum atomic E-state index is 12.0. The van der Waals surface area contributed by atoms with Crippen molar-refractivity contribution in [1.29, 1.82) is 0 Å². The van der Waals surface area contributed by atoms with Crippen molar-refractivity contribution in [1.82, 2.24) is 0 Å². The second-order valence-corrected chi connectivity index (χ2v) is 4.83. The van der Waals surface area contributed by atoms with E-state index in [4.69, 9.17) is 4.42 Å². The van der Waals surface area contributed by atoms with Crippen LogP contribution in [0.25, 0.3) is 0 Å². The summed E-state index contributed by atoms with van der Waals surface area (Å²) >= 11 is 3.19. The Kier molecular flexibility index (Phi) is 2.83. The lowest BCUT2D eigenvalue weighted by Crippen LogP contribution is -2.11. The summed E-state index contributed by atoms with van der Waals surface area (Å²) in [5.41, 5.74) is 3.68. The second kappa shape index (κ2) is 4.49. The molecule has 1 aromatic heterocycles. The maximum absolute atomic E-state index is 12.0. The van der Waals surface area contributed by atoms with E-state index >= 15 is 0 Å². The summed E-state index contributed by atoms with van der Waals surface area (Å²) in [6.45, 7) is 0.958. The molecule has 0 radical (unpaired) electrons. The van der Waals surface area contributed by atoms with Crippen LogP contribution in [0.1, 0.15) is 15.9 Å². The predicted octanol–water partition coefficient (Wildman–Crippen LogP) is 3.26. The Bertz CT molecular complexity index is 607. The van der Waals surface area contributed by atoms with Gasteiger partial charge in [0.1, 0.15) is 0 Å². The second-order valence-electron chi connectivity index (χ2n) is 4.11. The van der Waals surface area contributed by atoms with Gasteiger partial charge in [-0.3, -0.25) is 4.79 Å².